The Hall–Kier alpha value is -2.35. The molecule has 4 rings (SSSR count). The van der Waals surface area contributed by atoms with Gasteiger partial charge in [0.05, 0.1) is 6.61 Å². The molecule has 2 nitrogen and oxygen atoms in total. The van der Waals surface area contributed by atoms with Gasteiger partial charge in [-0.25, -0.2) is 0 Å². The highest BCUT2D eigenvalue weighted by Gasteiger charge is 2.22. The van der Waals surface area contributed by atoms with Crippen LogP contribution in [0.15, 0.2) is 54.1 Å². The normalized spacial score (nSPS) is 16.7. The summed E-state index contributed by atoms with van der Waals surface area (Å²) in [6.45, 7) is 2.54. The Morgan fingerprint density at radius 2 is 1.84 bits per heavy atom. The molecule has 2 aliphatic carbocycles. The summed E-state index contributed by atoms with van der Waals surface area (Å²) in [6, 6.07) is 16.7. The van der Waals surface area contributed by atoms with Gasteiger partial charge in [-0.15, -0.1) is 0 Å². The number of carbonyl (C=O) groups is 1. The largest absolute Gasteiger partial charge is 0.493 e. The first-order chi connectivity index (χ1) is 15.2. The zero-order chi connectivity index (χ0) is 21.5. The Balaban J connectivity index is 1.29. The second kappa shape index (κ2) is 10.8. The van der Waals surface area contributed by atoms with E-state index in [1.807, 2.05) is 24.3 Å². The third-order valence-electron chi connectivity index (χ3n) is 7.03. The molecule has 0 saturated heterocycles. The van der Waals surface area contributed by atoms with Gasteiger partial charge in [-0.05, 0) is 61.3 Å². The summed E-state index contributed by atoms with van der Waals surface area (Å²) >= 11 is 0. The number of fused-ring (bicyclic) bond motifs is 1. The monoisotopic (exact) mass is 416 g/mol. The van der Waals surface area contributed by atoms with E-state index in [1.54, 1.807) is 0 Å². The lowest BCUT2D eigenvalue weighted by Crippen LogP contribution is -2.14. The van der Waals surface area contributed by atoms with Gasteiger partial charge in [-0.3, -0.25) is 4.79 Å². The maximum atomic E-state index is 12.8. The van der Waals surface area contributed by atoms with Gasteiger partial charge in [0.15, 0.2) is 0 Å². The lowest BCUT2D eigenvalue weighted by atomic mass is 9.86. The molecule has 0 spiro atoms. The molecule has 1 atom stereocenters. The number of ether oxygens (including phenoxy) is 1. The first kappa shape index (κ1) is 21.9. The SMILES string of the molecule is Cc1ccc(OCCC(=O)CC(CCC2CCCC2)CC2=Cc3ccccc3C2)cc1. The lowest BCUT2D eigenvalue weighted by Gasteiger charge is -2.19. The second-order valence-electron chi connectivity index (χ2n) is 9.63. The molecule has 0 amide bonds. The minimum Gasteiger partial charge on any atom is -0.493 e. The fourth-order valence-electron chi connectivity index (χ4n) is 5.24. The first-order valence-corrected chi connectivity index (χ1v) is 12.1. The minimum atomic E-state index is 0.347. The molecule has 164 valence electrons. The smallest absolute Gasteiger partial charge is 0.136 e. The molecule has 0 aromatic heterocycles. The van der Waals surface area contributed by atoms with Gasteiger partial charge in [-0.2, -0.15) is 0 Å². The average Bonchev–Trinajstić information content (AvgIpc) is 3.42. The Morgan fingerprint density at radius 3 is 2.61 bits per heavy atom. The van der Waals surface area contributed by atoms with Crippen molar-refractivity contribution in [2.24, 2.45) is 11.8 Å². The maximum Gasteiger partial charge on any atom is 0.136 e. The fraction of sp³-hybridized carbons (Fsp3) is 0.483. The molecule has 0 aliphatic heterocycles. The molecular weight excluding hydrogens is 380 g/mol. The van der Waals surface area contributed by atoms with E-state index >= 15 is 0 Å². The molecule has 2 aliphatic rings. The van der Waals surface area contributed by atoms with Gasteiger partial charge in [0.1, 0.15) is 11.5 Å². The number of ketones is 1. The summed E-state index contributed by atoms with van der Waals surface area (Å²) in [5.74, 6) is 2.55. The molecule has 0 N–H and O–H groups in total. The summed E-state index contributed by atoms with van der Waals surface area (Å²) in [5.41, 5.74) is 5.52. The van der Waals surface area contributed by atoms with Crippen LogP contribution in [0.4, 0.5) is 0 Å². The molecule has 1 unspecified atom stereocenters. The van der Waals surface area contributed by atoms with E-state index in [-0.39, 0.29) is 0 Å². The van der Waals surface area contributed by atoms with E-state index in [0.717, 1.165) is 24.5 Å². The van der Waals surface area contributed by atoms with Crippen LogP contribution in [0, 0.1) is 18.8 Å². The third kappa shape index (κ3) is 6.56. The van der Waals surface area contributed by atoms with Crippen LogP contribution in [-0.4, -0.2) is 12.4 Å². The van der Waals surface area contributed by atoms with Crippen LogP contribution in [0.1, 0.15) is 74.5 Å². The molecule has 31 heavy (non-hydrogen) atoms. The maximum absolute atomic E-state index is 12.8. The molecule has 2 heteroatoms. The lowest BCUT2D eigenvalue weighted by molar-refractivity contribution is -0.120. The average molecular weight is 417 g/mol. The molecule has 1 saturated carbocycles. The topological polar surface area (TPSA) is 26.3 Å². The number of hydrogen-bond donors (Lipinski definition) is 0. The first-order valence-electron chi connectivity index (χ1n) is 12.1. The van der Waals surface area contributed by atoms with Gasteiger partial charge in [0.25, 0.3) is 0 Å². The van der Waals surface area contributed by atoms with Crippen LogP contribution in [0.5, 0.6) is 5.75 Å². The van der Waals surface area contributed by atoms with Gasteiger partial charge in [0, 0.05) is 12.8 Å². The van der Waals surface area contributed by atoms with Crippen molar-refractivity contribution in [3.63, 3.8) is 0 Å². The number of hydrogen-bond acceptors (Lipinski definition) is 2. The van der Waals surface area contributed by atoms with E-state index < -0.39 is 0 Å². The highest BCUT2D eigenvalue weighted by atomic mass is 16.5. The molecular formula is C29H36O2. The molecule has 2 aromatic rings. The number of aryl methyl sites for hydroxylation is 1. The van der Waals surface area contributed by atoms with Gasteiger partial charge in [0.2, 0.25) is 0 Å². The van der Waals surface area contributed by atoms with Crippen LogP contribution in [-0.2, 0) is 11.2 Å². The van der Waals surface area contributed by atoms with Crippen molar-refractivity contribution < 1.29 is 9.53 Å². The highest BCUT2D eigenvalue weighted by molar-refractivity contribution is 5.78. The number of carbonyl (C=O) groups excluding carboxylic acids is 1. The van der Waals surface area contributed by atoms with Crippen molar-refractivity contribution in [1.82, 2.24) is 0 Å². The van der Waals surface area contributed by atoms with Crippen molar-refractivity contribution in [1.29, 1.82) is 0 Å². The van der Waals surface area contributed by atoms with Crippen LogP contribution in [0.2, 0.25) is 0 Å². The summed E-state index contributed by atoms with van der Waals surface area (Å²) in [7, 11) is 0. The standard InChI is InChI=1S/C29H36O2/c1-22-10-14-29(15-11-22)31-17-16-28(30)21-24(13-12-23-6-2-3-7-23)18-25-19-26-8-4-5-9-27(26)20-25/h4-5,8-11,14-15,19,23-24H,2-3,6-7,12-13,16-18,20-21H2,1H3. The van der Waals surface area contributed by atoms with E-state index in [2.05, 4.69) is 37.3 Å². The second-order valence-corrected chi connectivity index (χ2v) is 9.63. The summed E-state index contributed by atoms with van der Waals surface area (Å²) in [5, 5.41) is 0. The van der Waals surface area contributed by atoms with E-state index in [9.17, 15) is 4.79 Å². The highest BCUT2D eigenvalue weighted by Crippen LogP contribution is 2.35. The predicted molar refractivity (Wildman–Crippen MR) is 128 cm³/mol. The van der Waals surface area contributed by atoms with Gasteiger partial charge < -0.3 is 4.74 Å². The number of Topliss-reactive ketones (excluding diaryl/α,β-unsaturated/α-hetero) is 1. The number of benzene rings is 2. The Morgan fingerprint density at radius 1 is 1.06 bits per heavy atom. The third-order valence-corrected chi connectivity index (χ3v) is 7.03. The molecule has 1 fully saturated rings. The Kier molecular flexibility index (Phi) is 7.61. The van der Waals surface area contributed by atoms with E-state index in [1.165, 1.54) is 60.8 Å². The van der Waals surface area contributed by atoms with Crippen molar-refractivity contribution in [2.45, 2.75) is 71.1 Å². The van der Waals surface area contributed by atoms with E-state index in [0.29, 0.717) is 31.1 Å². The fourth-order valence-corrected chi connectivity index (χ4v) is 5.24. The number of allylic oxidation sites excluding steroid dienone is 1. The van der Waals surface area contributed by atoms with E-state index in [4.69, 9.17) is 4.74 Å². The molecule has 0 bridgehead atoms. The van der Waals surface area contributed by atoms with Crippen molar-refractivity contribution in [2.75, 3.05) is 6.61 Å². The zero-order valence-corrected chi connectivity index (χ0v) is 18.9. The van der Waals surface area contributed by atoms with Crippen molar-refractivity contribution in [3.05, 3.63) is 70.8 Å². The Labute approximate surface area is 187 Å². The Bertz CT molecular complexity index is 887. The van der Waals surface area contributed by atoms with Crippen molar-refractivity contribution in [3.8, 4) is 5.75 Å². The van der Waals surface area contributed by atoms with Crippen LogP contribution < -0.4 is 4.74 Å². The van der Waals surface area contributed by atoms with Gasteiger partial charge in [-0.1, -0.05) is 85.7 Å². The summed E-state index contributed by atoms with van der Waals surface area (Å²) in [4.78, 5) is 12.8. The molecule has 0 heterocycles. The summed E-state index contributed by atoms with van der Waals surface area (Å²) < 4.78 is 5.80. The molecule has 0 radical (unpaired) electrons. The van der Waals surface area contributed by atoms with Crippen molar-refractivity contribution >= 4 is 11.9 Å². The summed E-state index contributed by atoms with van der Waals surface area (Å²) in [6.07, 6.45) is 13.7. The number of rotatable bonds is 11. The van der Waals surface area contributed by atoms with Crippen LogP contribution >= 0.6 is 0 Å². The predicted octanol–water partition coefficient (Wildman–Crippen LogP) is 7.34. The van der Waals surface area contributed by atoms with Crippen LogP contribution in [0.25, 0.3) is 6.08 Å². The van der Waals surface area contributed by atoms with Crippen LogP contribution in [0.3, 0.4) is 0 Å². The quantitative estimate of drug-likeness (QED) is 0.383. The molecule has 2 aromatic carbocycles. The van der Waals surface area contributed by atoms with Gasteiger partial charge >= 0.3 is 0 Å². The minimum absolute atomic E-state index is 0.347. The zero-order valence-electron chi connectivity index (χ0n) is 18.9.